The van der Waals surface area contributed by atoms with Crippen LogP contribution < -0.4 is 4.74 Å². The van der Waals surface area contributed by atoms with Crippen molar-refractivity contribution in [1.82, 2.24) is 0 Å². The Balaban J connectivity index is 1.88. The van der Waals surface area contributed by atoms with Crippen LogP contribution in [0.25, 0.3) is 5.76 Å². The van der Waals surface area contributed by atoms with Gasteiger partial charge in [-0.25, -0.2) is 0 Å². The summed E-state index contributed by atoms with van der Waals surface area (Å²) in [6.07, 6.45) is 1.12. The van der Waals surface area contributed by atoms with Gasteiger partial charge in [0.2, 0.25) is 0 Å². The number of ether oxygens (including phenoxy) is 1. The largest absolute Gasteiger partial charge is 0.506 e. The average Bonchev–Trinajstić information content (AvgIpc) is 2.62. The third kappa shape index (κ3) is 3.81. The van der Waals surface area contributed by atoms with E-state index in [0.717, 1.165) is 5.56 Å². The van der Waals surface area contributed by atoms with Crippen LogP contribution in [0.4, 0.5) is 0 Å². The molecule has 1 saturated carbocycles. The zero-order valence-corrected chi connectivity index (χ0v) is 15.2. The van der Waals surface area contributed by atoms with E-state index in [9.17, 15) is 14.7 Å². The van der Waals surface area contributed by atoms with E-state index in [4.69, 9.17) is 16.3 Å². The standard InChI is InChI=1S/C21H19ClO4/c1-13-16(21(25)20-17(23)5-3-6-18(20)24)4-2-7-19(13)26-12-14-8-10-15(22)11-9-14/h2,4,7-11,25H,3,5-6,12H2,1H3. The maximum absolute atomic E-state index is 12.1. The van der Waals surface area contributed by atoms with Crippen LogP contribution in [0.5, 0.6) is 5.75 Å². The van der Waals surface area contributed by atoms with E-state index in [1.54, 1.807) is 37.3 Å². The Bertz CT molecular complexity index is 863. The third-order valence-electron chi connectivity index (χ3n) is 4.45. The van der Waals surface area contributed by atoms with E-state index >= 15 is 0 Å². The number of aliphatic hydroxyl groups excluding tert-OH is 1. The molecule has 0 aliphatic heterocycles. The lowest BCUT2D eigenvalue weighted by Crippen LogP contribution is -2.20. The first-order valence-electron chi connectivity index (χ1n) is 8.44. The van der Waals surface area contributed by atoms with Crippen molar-refractivity contribution in [2.45, 2.75) is 32.8 Å². The van der Waals surface area contributed by atoms with Crippen molar-refractivity contribution in [2.75, 3.05) is 0 Å². The van der Waals surface area contributed by atoms with Crippen molar-refractivity contribution in [2.24, 2.45) is 0 Å². The van der Waals surface area contributed by atoms with E-state index in [2.05, 4.69) is 0 Å². The molecule has 0 spiro atoms. The molecule has 1 aliphatic carbocycles. The number of hydrogen-bond donors (Lipinski definition) is 1. The summed E-state index contributed by atoms with van der Waals surface area (Å²) in [6, 6.07) is 12.5. The second-order valence-electron chi connectivity index (χ2n) is 6.27. The lowest BCUT2D eigenvalue weighted by molar-refractivity contribution is -0.123. The summed E-state index contributed by atoms with van der Waals surface area (Å²) < 4.78 is 5.85. The fraction of sp³-hybridized carbons (Fsp3) is 0.238. The molecule has 2 aromatic carbocycles. The van der Waals surface area contributed by atoms with Gasteiger partial charge in [-0.15, -0.1) is 0 Å². The number of Topliss-reactive ketones (excluding diaryl/α,β-unsaturated/α-hetero) is 2. The number of halogens is 1. The molecule has 0 amide bonds. The van der Waals surface area contributed by atoms with Gasteiger partial charge in [0.25, 0.3) is 0 Å². The topological polar surface area (TPSA) is 63.6 Å². The van der Waals surface area contributed by atoms with Crippen molar-refractivity contribution in [1.29, 1.82) is 0 Å². The molecule has 4 nitrogen and oxygen atoms in total. The van der Waals surface area contributed by atoms with Gasteiger partial charge in [0.05, 0.1) is 0 Å². The number of allylic oxidation sites excluding steroid dienone is 1. The summed E-state index contributed by atoms with van der Waals surface area (Å²) in [6.45, 7) is 2.14. The second kappa shape index (κ2) is 7.75. The molecule has 0 unspecified atom stereocenters. The molecule has 0 atom stereocenters. The Morgan fingerprint density at radius 3 is 2.38 bits per heavy atom. The molecule has 0 aromatic heterocycles. The van der Waals surface area contributed by atoms with Gasteiger partial charge in [0, 0.05) is 29.0 Å². The number of carbonyl (C=O) groups is 2. The molecule has 0 bridgehead atoms. The van der Waals surface area contributed by atoms with Gasteiger partial charge >= 0.3 is 0 Å². The molecule has 0 radical (unpaired) electrons. The molecule has 3 rings (SSSR count). The summed E-state index contributed by atoms with van der Waals surface area (Å²) in [5, 5.41) is 11.2. The van der Waals surface area contributed by atoms with E-state index < -0.39 is 0 Å². The highest BCUT2D eigenvalue weighted by Gasteiger charge is 2.28. The van der Waals surface area contributed by atoms with Crippen molar-refractivity contribution in [3.8, 4) is 5.75 Å². The van der Waals surface area contributed by atoms with Crippen molar-refractivity contribution in [3.05, 3.63) is 69.8 Å². The molecular weight excluding hydrogens is 352 g/mol. The highest BCUT2D eigenvalue weighted by Crippen LogP contribution is 2.30. The summed E-state index contributed by atoms with van der Waals surface area (Å²) in [4.78, 5) is 24.1. The molecular formula is C21H19ClO4. The summed E-state index contributed by atoms with van der Waals surface area (Å²) in [5.41, 5.74) is 1.99. The Morgan fingerprint density at radius 2 is 1.73 bits per heavy atom. The Kier molecular flexibility index (Phi) is 5.43. The third-order valence-corrected chi connectivity index (χ3v) is 4.70. The number of aliphatic hydroxyl groups is 1. The lowest BCUT2D eigenvalue weighted by atomic mass is 9.89. The van der Waals surface area contributed by atoms with Gasteiger partial charge in [0.15, 0.2) is 11.6 Å². The minimum Gasteiger partial charge on any atom is -0.506 e. The Morgan fingerprint density at radius 1 is 1.08 bits per heavy atom. The lowest BCUT2D eigenvalue weighted by Gasteiger charge is -2.17. The first-order valence-corrected chi connectivity index (χ1v) is 8.82. The zero-order valence-electron chi connectivity index (χ0n) is 14.4. The van der Waals surface area contributed by atoms with Crippen LogP contribution in [-0.4, -0.2) is 16.7 Å². The van der Waals surface area contributed by atoms with Crippen LogP contribution in [0.15, 0.2) is 48.0 Å². The summed E-state index contributed by atoms with van der Waals surface area (Å²) in [5.74, 6) is -0.272. The quantitative estimate of drug-likeness (QED) is 0.476. The number of carbonyl (C=O) groups excluding carboxylic acids is 2. The number of ketones is 2. The Labute approximate surface area is 157 Å². The van der Waals surface area contributed by atoms with Crippen LogP contribution in [-0.2, 0) is 16.2 Å². The molecule has 2 aromatic rings. The highest BCUT2D eigenvalue weighted by atomic mass is 35.5. The van der Waals surface area contributed by atoms with Crippen LogP contribution in [0, 0.1) is 6.92 Å². The predicted octanol–water partition coefficient (Wildman–Crippen LogP) is 4.82. The second-order valence-corrected chi connectivity index (χ2v) is 6.70. The molecule has 1 fully saturated rings. The van der Waals surface area contributed by atoms with Gasteiger partial charge in [-0.2, -0.15) is 0 Å². The number of benzene rings is 2. The zero-order chi connectivity index (χ0) is 18.7. The van der Waals surface area contributed by atoms with E-state index in [0.29, 0.717) is 34.9 Å². The molecule has 5 heteroatoms. The van der Waals surface area contributed by atoms with Crippen molar-refractivity contribution in [3.63, 3.8) is 0 Å². The fourth-order valence-electron chi connectivity index (χ4n) is 2.98. The minimum absolute atomic E-state index is 0.0887. The van der Waals surface area contributed by atoms with Crippen molar-refractivity contribution >= 4 is 28.9 Å². The van der Waals surface area contributed by atoms with Crippen molar-refractivity contribution < 1.29 is 19.4 Å². The summed E-state index contributed by atoms with van der Waals surface area (Å²) >= 11 is 5.88. The molecule has 134 valence electrons. The predicted molar refractivity (Wildman–Crippen MR) is 100 cm³/mol. The number of hydrogen-bond acceptors (Lipinski definition) is 4. The monoisotopic (exact) mass is 370 g/mol. The molecule has 1 N–H and O–H groups in total. The molecule has 1 aliphatic rings. The maximum atomic E-state index is 12.1. The van der Waals surface area contributed by atoms with Gasteiger partial charge in [-0.1, -0.05) is 35.9 Å². The molecule has 0 saturated heterocycles. The highest BCUT2D eigenvalue weighted by molar-refractivity contribution is 6.30. The number of rotatable bonds is 4. The molecule has 26 heavy (non-hydrogen) atoms. The van der Waals surface area contributed by atoms with E-state index in [-0.39, 0.29) is 35.7 Å². The van der Waals surface area contributed by atoms with Crippen LogP contribution >= 0.6 is 11.6 Å². The van der Waals surface area contributed by atoms with Crippen LogP contribution in [0.1, 0.15) is 36.0 Å². The fourth-order valence-corrected chi connectivity index (χ4v) is 3.11. The first kappa shape index (κ1) is 18.2. The van der Waals surface area contributed by atoms with Crippen LogP contribution in [0.2, 0.25) is 5.02 Å². The normalized spacial score (nSPS) is 14.5. The minimum atomic E-state index is -0.300. The van der Waals surface area contributed by atoms with E-state index in [1.165, 1.54) is 0 Å². The van der Waals surface area contributed by atoms with Gasteiger partial charge in [-0.05, 0) is 37.1 Å². The average molecular weight is 371 g/mol. The first-order chi connectivity index (χ1) is 12.5. The van der Waals surface area contributed by atoms with Crippen LogP contribution in [0.3, 0.4) is 0 Å². The van der Waals surface area contributed by atoms with Gasteiger partial charge in [0.1, 0.15) is 23.7 Å². The van der Waals surface area contributed by atoms with E-state index in [1.807, 2.05) is 12.1 Å². The Hall–Kier alpha value is -2.59. The molecule has 0 heterocycles. The summed E-state index contributed by atoms with van der Waals surface area (Å²) in [7, 11) is 0. The smallest absolute Gasteiger partial charge is 0.170 e. The van der Waals surface area contributed by atoms with Gasteiger partial charge < -0.3 is 9.84 Å². The maximum Gasteiger partial charge on any atom is 0.170 e. The SMILES string of the molecule is Cc1c(OCc2ccc(Cl)cc2)cccc1C(O)=C1C(=O)CCCC1=O. The van der Waals surface area contributed by atoms with Gasteiger partial charge in [-0.3, -0.25) is 9.59 Å².